The highest BCUT2D eigenvalue weighted by Crippen LogP contribution is 2.35. The highest BCUT2D eigenvalue weighted by atomic mass is 32.2. The summed E-state index contributed by atoms with van der Waals surface area (Å²) in [6.45, 7) is 0. The van der Waals surface area contributed by atoms with Crippen molar-refractivity contribution in [2.24, 2.45) is 0 Å². The SMILES string of the molecule is Nc1ncnc2c1c(C(=O)c1cccc(NS(=O)(=O)C=Cc3ccccc3)c1)cn2C1CCCC1. The summed E-state index contributed by atoms with van der Waals surface area (Å²) in [5.74, 6) is -0.0212. The maximum absolute atomic E-state index is 13.6. The van der Waals surface area contributed by atoms with E-state index in [4.69, 9.17) is 5.73 Å². The molecule has 8 nitrogen and oxygen atoms in total. The molecule has 4 aromatic rings. The van der Waals surface area contributed by atoms with Gasteiger partial charge in [0.25, 0.3) is 10.0 Å². The van der Waals surface area contributed by atoms with Crippen molar-refractivity contribution in [1.29, 1.82) is 0 Å². The molecule has 0 radical (unpaired) electrons. The highest BCUT2D eigenvalue weighted by Gasteiger charge is 2.25. The first-order valence-electron chi connectivity index (χ1n) is 11.4. The molecule has 178 valence electrons. The average Bonchev–Trinajstić information content (AvgIpc) is 3.52. The highest BCUT2D eigenvalue weighted by molar-refractivity contribution is 7.95. The minimum Gasteiger partial charge on any atom is -0.383 e. The lowest BCUT2D eigenvalue weighted by molar-refractivity contribution is 0.104. The Kier molecular flexibility index (Phi) is 6.08. The molecule has 2 aromatic heterocycles. The molecule has 1 aliphatic rings. The van der Waals surface area contributed by atoms with Crippen molar-refractivity contribution in [3.8, 4) is 0 Å². The molecular weight excluding hydrogens is 462 g/mol. The third-order valence-electron chi connectivity index (χ3n) is 6.23. The fourth-order valence-corrected chi connectivity index (χ4v) is 5.41. The monoisotopic (exact) mass is 487 g/mol. The van der Waals surface area contributed by atoms with E-state index in [-0.39, 0.29) is 23.3 Å². The summed E-state index contributed by atoms with van der Waals surface area (Å²) in [6.07, 6.45) is 9.05. The average molecular weight is 488 g/mol. The first-order chi connectivity index (χ1) is 16.9. The molecule has 1 aliphatic carbocycles. The number of rotatable bonds is 7. The number of fused-ring (bicyclic) bond motifs is 1. The fraction of sp³-hybridized carbons (Fsp3) is 0.192. The number of aromatic nitrogens is 3. The summed E-state index contributed by atoms with van der Waals surface area (Å²) in [5.41, 5.74) is 8.62. The molecule has 5 rings (SSSR count). The molecule has 3 N–H and O–H groups in total. The van der Waals surface area contributed by atoms with Crippen LogP contribution >= 0.6 is 0 Å². The van der Waals surface area contributed by atoms with Gasteiger partial charge in [0.15, 0.2) is 5.78 Å². The van der Waals surface area contributed by atoms with Gasteiger partial charge in [0.05, 0.1) is 16.4 Å². The number of nitrogens with zero attached hydrogens (tertiary/aromatic N) is 3. The summed E-state index contributed by atoms with van der Waals surface area (Å²) in [6, 6.07) is 15.8. The molecule has 9 heteroatoms. The summed E-state index contributed by atoms with van der Waals surface area (Å²) in [4.78, 5) is 22.1. The molecular formula is C26H25N5O3S. The summed E-state index contributed by atoms with van der Waals surface area (Å²) in [7, 11) is -3.77. The maximum Gasteiger partial charge on any atom is 0.255 e. The van der Waals surface area contributed by atoms with E-state index in [1.165, 1.54) is 18.5 Å². The molecule has 2 heterocycles. The number of benzene rings is 2. The lowest BCUT2D eigenvalue weighted by atomic mass is 10.0. The molecule has 0 amide bonds. The number of nitrogens with one attached hydrogen (secondary N) is 1. The Balaban J connectivity index is 1.45. The van der Waals surface area contributed by atoms with Gasteiger partial charge in [-0.1, -0.05) is 55.3 Å². The second-order valence-corrected chi connectivity index (χ2v) is 10.2. The van der Waals surface area contributed by atoms with Crippen molar-refractivity contribution in [2.45, 2.75) is 31.7 Å². The Morgan fingerprint density at radius 2 is 1.83 bits per heavy atom. The van der Waals surface area contributed by atoms with Gasteiger partial charge >= 0.3 is 0 Å². The smallest absolute Gasteiger partial charge is 0.255 e. The van der Waals surface area contributed by atoms with Crippen LogP contribution < -0.4 is 10.5 Å². The topological polar surface area (TPSA) is 120 Å². The van der Waals surface area contributed by atoms with E-state index in [1.54, 1.807) is 18.2 Å². The van der Waals surface area contributed by atoms with Crippen LogP contribution in [-0.2, 0) is 10.0 Å². The lowest BCUT2D eigenvalue weighted by Crippen LogP contribution is -2.10. The van der Waals surface area contributed by atoms with Crippen LogP contribution in [0.3, 0.4) is 0 Å². The zero-order valence-electron chi connectivity index (χ0n) is 19.0. The molecule has 0 spiro atoms. The Labute approximate surface area is 203 Å². The lowest BCUT2D eigenvalue weighted by Gasteiger charge is -2.12. The van der Waals surface area contributed by atoms with E-state index in [0.717, 1.165) is 36.7 Å². The van der Waals surface area contributed by atoms with Crippen LogP contribution in [0.25, 0.3) is 17.1 Å². The Bertz CT molecular complexity index is 1520. The third kappa shape index (κ3) is 4.81. The van der Waals surface area contributed by atoms with Gasteiger partial charge < -0.3 is 10.3 Å². The van der Waals surface area contributed by atoms with Gasteiger partial charge in [0.1, 0.15) is 17.8 Å². The second-order valence-electron chi connectivity index (χ2n) is 8.62. The predicted octanol–water partition coefficient (Wildman–Crippen LogP) is 4.77. The number of hydrogen-bond donors (Lipinski definition) is 2. The van der Waals surface area contributed by atoms with Crippen molar-refractivity contribution >= 4 is 44.4 Å². The first kappa shape index (κ1) is 22.8. The molecule has 1 fully saturated rings. The van der Waals surface area contributed by atoms with Gasteiger partial charge in [-0.05, 0) is 36.6 Å². The Morgan fingerprint density at radius 1 is 1.06 bits per heavy atom. The van der Waals surface area contributed by atoms with Crippen LogP contribution in [0.15, 0.2) is 72.5 Å². The van der Waals surface area contributed by atoms with Gasteiger partial charge in [-0.3, -0.25) is 9.52 Å². The normalized spacial score (nSPS) is 14.6. The fourth-order valence-electron chi connectivity index (χ4n) is 4.55. The largest absolute Gasteiger partial charge is 0.383 e. The molecule has 35 heavy (non-hydrogen) atoms. The number of anilines is 2. The molecule has 0 bridgehead atoms. The summed E-state index contributed by atoms with van der Waals surface area (Å²) < 4.78 is 29.7. The van der Waals surface area contributed by atoms with Crippen molar-refractivity contribution < 1.29 is 13.2 Å². The van der Waals surface area contributed by atoms with Gasteiger partial charge in [-0.25, -0.2) is 18.4 Å². The minimum atomic E-state index is -3.77. The van der Waals surface area contributed by atoms with Crippen LogP contribution in [0.1, 0.15) is 53.2 Å². The van der Waals surface area contributed by atoms with Crippen LogP contribution in [0.5, 0.6) is 0 Å². The van der Waals surface area contributed by atoms with E-state index >= 15 is 0 Å². The van der Waals surface area contributed by atoms with Crippen LogP contribution in [-0.4, -0.2) is 28.7 Å². The van der Waals surface area contributed by atoms with Gasteiger partial charge in [0.2, 0.25) is 0 Å². The zero-order valence-corrected chi connectivity index (χ0v) is 19.8. The number of hydrogen-bond acceptors (Lipinski definition) is 6. The quantitative estimate of drug-likeness (QED) is 0.362. The van der Waals surface area contributed by atoms with Crippen molar-refractivity contribution in [3.05, 3.63) is 89.2 Å². The third-order valence-corrected chi connectivity index (χ3v) is 7.24. The van der Waals surface area contributed by atoms with Crippen LogP contribution in [0.2, 0.25) is 0 Å². The molecule has 0 atom stereocenters. The molecule has 0 saturated heterocycles. The van der Waals surface area contributed by atoms with E-state index in [2.05, 4.69) is 14.7 Å². The minimum absolute atomic E-state index is 0.248. The van der Waals surface area contributed by atoms with E-state index in [9.17, 15) is 13.2 Å². The van der Waals surface area contributed by atoms with Crippen molar-refractivity contribution in [3.63, 3.8) is 0 Å². The summed E-state index contributed by atoms with van der Waals surface area (Å²) in [5, 5.41) is 1.63. The van der Waals surface area contributed by atoms with E-state index < -0.39 is 10.0 Å². The molecule has 1 saturated carbocycles. The number of carbonyl (C=O) groups is 1. The van der Waals surface area contributed by atoms with Crippen molar-refractivity contribution in [2.75, 3.05) is 10.5 Å². The van der Waals surface area contributed by atoms with Crippen molar-refractivity contribution in [1.82, 2.24) is 14.5 Å². The molecule has 2 aromatic carbocycles. The predicted molar refractivity (Wildman–Crippen MR) is 137 cm³/mol. The Morgan fingerprint density at radius 3 is 2.60 bits per heavy atom. The van der Waals surface area contributed by atoms with Gasteiger partial charge in [-0.15, -0.1) is 0 Å². The van der Waals surface area contributed by atoms with E-state index in [0.29, 0.717) is 22.2 Å². The van der Waals surface area contributed by atoms with Gasteiger partial charge in [-0.2, -0.15) is 0 Å². The maximum atomic E-state index is 13.6. The Hall–Kier alpha value is -3.98. The zero-order chi connectivity index (χ0) is 24.4. The summed E-state index contributed by atoms with van der Waals surface area (Å²) >= 11 is 0. The number of sulfonamides is 1. The number of ketones is 1. The standard InChI is InChI=1S/C26H25N5O3S/c27-25-23-22(16-31(21-11-4-5-12-21)26(23)29-17-28-25)24(32)19-9-6-10-20(15-19)30-35(33,34)14-13-18-7-2-1-3-8-18/h1-3,6-10,13-17,21,30H,4-5,11-12H2,(H2,27,28,29). The number of carbonyl (C=O) groups excluding carboxylic acids is 1. The van der Waals surface area contributed by atoms with Crippen LogP contribution in [0.4, 0.5) is 11.5 Å². The van der Waals surface area contributed by atoms with Gasteiger partial charge in [0, 0.05) is 23.5 Å². The number of nitrogens with two attached hydrogens (primary N) is 1. The molecule has 0 aliphatic heterocycles. The van der Waals surface area contributed by atoms with Crippen LogP contribution in [0, 0.1) is 0 Å². The molecule has 0 unspecified atom stereocenters. The second kappa shape index (κ2) is 9.34. The van der Waals surface area contributed by atoms with E-state index in [1.807, 2.05) is 41.1 Å². The first-order valence-corrected chi connectivity index (χ1v) is 13.0. The number of nitrogen functional groups attached to an aromatic ring is 1.